The minimum atomic E-state index is -1.36. The molecule has 2 aromatic carbocycles. The molecule has 1 saturated heterocycles. The molecule has 0 radical (unpaired) electrons. The summed E-state index contributed by atoms with van der Waals surface area (Å²) < 4.78 is 22.2. The first-order valence-electron chi connectivity index (χ1n) is 10.2. The number of hydrogen-bond donors (Lipinski definition) is 3. The highest BCUT2D eigenvalue weighted by molar-refractivity contribution is 5.46. The number of rotatable bonds is 5. The molecule has 3 N–H and O–H groups in total. The van der Waals surface area contributed by atoms with Crippen molar-refractivity contribution in [3.05, 3.63) is 58.7 Å². The summed E-state index contributed by atoms with van der Waals surface area (Å²) in [6.45, 7) is 3.19. The van der Waals surface area contributed by atoms with Gasteiger partial charge in [0.25, 0.3) is 0 Å². The fraction of sp³-hybridized carbons (Fsp3) is 0.478. The van der Waals surface area contributed by atoms with Gasteiger partial charge in [0.05, 0.1) is 0 Å². The second-order valence-corrected chi connectivity index (χ2v) is 7.67. The first-order chi connectivity index (χ1) is 14.5. The van der Waals surface area contributed by atoms with Gasteiger partial charge in [-0.3, -0.25) is 0 Å². The Morgan fingerprint density at radius 3 is 2.40 bits per heavy atom. The smallest absolute Gasteiger partial charge is 0.186 e. The van der Waals surface area contributed by atoms with Gasteiger partial charge in [-0.15, -0.1) is 0 Å². The van der Waals surface area contributed by atoms with Gasteiger partial charge in [-0.25, -0.2) is 0 Å². The van der Waals surface area contributed by atoms with Gasteiger partial charge >= 0.3 is 0 Å². The molecular weight excluding hydrogens is 388 g/mol. The molecule has 2 aliphatic rings. The van der Waals surface area contributed by atoms with Crippen molar-refractivity contribution in [3.8, 4) is 11.5 Å². The van der Waals surface area contributed by atoms with Crippen LogP contribution in [0.5, 0.6) is 11.5 Å². The van der Waals surface area contributed by atoms with Crippen LogP contribution in [-0.4, -0.2) is 60.2 Å². The van der Waals surface area contributed by atoms with E-state index in [1.165, 1.54) is 12.7 Å². The van der Waals surface area contributed by atoms with Gasteiger partial charge in [-0.05, 0) is 47.2 Å². The molecule has 162 valence electrons. The SMILES string of the molecule is CCc1ccc(C2OC(OC)C(O)C(O)C2O)cc1Cc1ccc2c(c1)OCCO2. The summed E-state index contributed by atoms with van der Waals surface area (Å²) in [5.41, 5.74) is 4.08. The van der Waals surface area contributed by atoms with E-state index >= 15 is 0 Å². The monoisotopic (exact) mass is 416 g/mol. The van der Waals surface area contributed by atoms with Crippen LogP contribution in [-0.2, 0) is 22.3 Å². The number of methoxy groups -OCH3 is 1. The Balaban J connectivity index is 1.62. The second kappa shape index (κ2) is 8.91. The van der Waals surface area contributed by atoms with Crippen molar-refractivity contribution in [3.63, 3.8) is 0 Å². The van der Waals surface area contributed by atoms with Gasteiger partial charge in [-0.2, -0.15) is 0 Å². The minimum Gasteiger partial charge on any atom is -0.486 e. The van der Waals surface area contributed by atoms with Crippen molar-refractivity contribution in [2.24, 2.45) is 0 Å². The van der Waals surface area contributed by atoms with Crippen LogP contribution in [0.25, 0.3) is 0 Å². The summed E-state index contributed by atoms with van der Waals surface area (Å²) in [6.07, 6.45) is -4.22. The third-order valence-electron chi connectivity index (χ3n) is 5.74. The molecule has 0 saturated carbocycles. The number of aliphatic hydroxyl groups excluding tert-OH is 3. The number of benzene rings is 2. The highest BCUT2D eigenvalue weighted by Crippen LogP contribution is 2.35. The van der Waals surface area contributed by atoms with Crippen molar-refractivity contribution in [2.75, 3.05) is 20.3 Å². The highest BCUT2D eigenvalue weighted by atomic mass is 16.7. The zero-order valence-corrected chi connectivity index (χ0v) is 17.2. The van der Waals surface area contributed by atoms with E-state index in [1.807, 2.05) is 36.4 Å². The van der Waals surface area contributed by atoms with Gasteiger partial charge in [-0.1, -0.05) is 31.2 Å². The molecule has 1 fully saturated rings. The lowest BCUT2D eigenvalue weighted by Gasteiger charge is -2.40. The van der Waals surface area contributed by atoms with Crippen LogP contribution in [0.1, 0.15) is 35.3 Å². The first-order valence-corrected chi connectivity index (χ1v) is 10.2. The van der Waals surface area contributed by atoms with Crippen LogP contribution in [0.4, 0.5) is 0 Å². The molecule has 0 aromatic heterocycles. The maximum atomic E-state index is 10.5. The van der Waals surface area contributed by atoms with E-state index in [0.29, 0.717) is 19.6 Å². The lowest BCUT2D eigenvalue weighted by atomic mass is 9.90. The van der Waals surface area contributed by atoms with E-state index < -0.39 is 30.7 Å². The van der Waals surface area contributed by atoms with Crippen molar-refractivity contribution >= 4 is 0 Å². The van der Waals surface area contributed by atoms with E-state index in [4.69, 9.17) is 18.9 Å². The lowest BCUT2D eigenvalue weighted by Crippen LogP contribution is -2.54. The van der Waals surface area contributed by atoms with Crippen LogP contribution in [0, 0.1) is 0 Å². The zero-order valence-electron chi connectivity index (χ0n) is 17.2. The second-order valence-electron chi connectivity index (χ2n) is 7.67. The Morgan fingerprint density at radius 1 is 0.900 bits per heavy atom. The topological polar surface area (TPSA) is 97.6 Å². The van der Waals surface area contributed by atoms with Gasteiger partial charge in [0.1, 0.15) is 37.6 Å². The van der Waals surface area contributed by atoms with Gasteiger partial charge in [0.15, 0.2) is 17.8 Å². The molecule has 2 aromatic rings. The number of aliphatic hydroxyl groups is 3. The van der Waals surface area contributed by atoms with Gasteiger partial charge < -0.3 is 34.3 Å². The fourth-order valence-electron chi connectivity index (χ4n) is 4.07. The summed E-state index contributed by atoms with van der Waals surface area (Å²) in [5, 5.41) is 30.7. The fourth-order valence-corrected chi connectivity index (χ4v) is 4.07. The van der Waals surface area contributed by atoms with Crippen molar-refractivity contribution in [1.82, 2.24) is 0 Å². The van der Waals surface area contributed by atoms with Crippen LogP contribution in [0.3, 0.4) is 0 Å². The Kier molecular flexibility index (Phi) is 6.26. The van der Waals surface area contributed by atoms with Gasteiger partial charge in [0, 0.05) is 7.11 Å². The van der Waals surface area contributed by atoms with Crippen molar-refractivity contribution in [2.45, 2.75) is 50.5 Å². The predicted octanol–water partition coefficient (Wildman–Crippen LogP) is 1.74. The molecule has 4 rings (SSSR count). The number of hydrogen-bond acceptors (Lipinski definition) is 7. The predicted molar refractivity (Wildman–Crippen MR) is 109 cm³/mol. The molecule has 0 aliphatic carbocycles. The Morgan fingerprint density at radius 2 is 1.67 bits per heavy atom. The molecule has 2 aliphatic heterocycles. The third-order valence-corrected chi connectivity index (χ3v) is 5.74. The van der Waals surface area contributed by atoms with Crippen molar-refractivity contribution in [1.29, 1.82) is 0 Å². The summed E-state index contributed by atoms with van der Waals surface area (Å²) in [7, 11) is 1.39. The molecule has 5 atom stereocenters. The van der Waals surface area contributed by atoms with E-state index in [2.05, 4.69) is 6.92 Å². The van der Waals surface area contributed by atoms with Crippen LogP contribution in [0.15, 0.2) is 36.4 Å². The highest BCUT2D eigenvalue weighted by Gasteiger charge is 2.44. The Labute approximate surface area is 175 Å². The largest absolute Gasteiger partial charge is 0.486 e. The van der Waals surface area contributed by atoms with E-state index in [9.17, 15) is 15.3 Å². The average molecular weight is 416 g/mol. The van der Waals surface area contributed by atoms with Crippen LogP contribution >= 0.6 is 0 Å². The molecule has 7 heteroatoms. The molecule has 30 heavy (non-hydrogen) atoms. The number of aryl methyl sites for hydroxylation is 1. The summed E-state index contributed by atoms with van der Waals surface area (Å²) in [4.78, 5) is 0. The van der Waals surface area contributed by atoms with E-state index in [1.54, 1.807) is 0 Å². The zero-order chi connectivity index (χ0) is 21.3. The molecule has 0 amide bonds. The molecule has 0 spiro atoms. The quantitative estimate of drug-likeness (QED) is 0.683. The first kappa shape index (κ1) is 21.1. The maximum Gasteiger partial charge on any atom is 0.186 e. The molecule has 5 unspecified atom stereocenters. The molecular formula is C23H28O7. The van der Waals surface area contributed by atoms with Crippen LogP contribution < -0.4 is 9.47 Å². The number of fused-ring (bicyclic) bond motifs is 1. The average Bonchev–Trinajstić information content (AvgIpc) is 2.77. The maximum absolute atomic E-state index is 10.5. The van der Waals surface area contributed by atoms with Crippen LogP contribution in [0.2, 0.25) is 0 Å². The molecule has 0 bridgehead atoms. The minimum absolute atomic E-state index is 0.540. The van der Waals surface area contributed by atoms with E-state index in [-0.39, 0.29) is 0 Å². The molecule has 7 nitrogen and oxygen atoms in total. The van der Waals surface area contributed by atoms with E-state index in [0.717, 1.165) is 34.6 Å². The normalized spacial score (nSPS) is 28.4. The third kappa shape index (κ3) is 4.04. The Bertz CT molecular complexity index is 882. The Hall–Kier alpha value is -2.16. The van der Waals surface area contributed by atoms with Crippen molar-refractivity contribution < 1.29 is 34.3 Å². The summed E-state index contributed by atoms with van der Waals surface area (Å²) >= 11 is 0. The lowest BCUT2D eigenvalue weighted by molar-refractivity contribution is -0.292. The summed E-state index contributed by atoms with van der Waals surface area (Å²) in [5.74, 6) is 1.50. The standard InChI is InChI=1S/C23H28O7/c1-3-14-5-6-15(22-20(25)19(24)21(26)23(27-2)30-22)12-16(14)10-13-4-7-17-18(11-13)29-9-8-28-17/h4-7,11-12,19-26H,3,8-10H2,1-2H3. The molecule has 2 heterocycles. The summed E-state index contributed by atoms with van der Waals surface area (Å²) in [6, 6.07) is 11.8. The van der Waals surface area contributed by atoms with Gasteiger partial charge in [0.2, 0.25) is 0 Å². The number of ether oxygens (including phenoxy) is 4.